The second-order valence-corrected chi connectivity index (χ2v) is 6.46. The number of nitrogens with one attached hydrogen (secondary N) is 1. The van der Waals surface area contributed by atoms with Gasteiger partial charge in [0.2, 0.25) is 0 Å². The Morgan fingerprint density at radius 1 is 1.48 bits per heavy atom. The van der Waals surface area contributed by atoms with Crippen molar-refractivity contribution in [3.8, 4) is 0 Å². The summed E-state index contributed by atoms with van der Waals surface area (Å²) in [6, 6.07) is -0.0769. The van der Waals surface area contributed by atoms with Gasteiger partial charge in [-0.2, -0.15) is 5.10 Å². The number of hydrogen-bond donors (Lipinski definition) is 1. The van der Waals surface area contributed by atoms with E-state index in [1.807, 2.05) is 18.5 Å². The van der Waals surface area contributed by atoms with Crippen molar-refractivity contribution in [2.75, 3.05) is 13.7 Å². The summed E-state index contributed by atoms with van der Waals surface area (Å²) in [5, 5.41) is 7.38. The summed E-state index contributed by atoms with van der Waals surface area (Å²) in [7, 11) is 1.63. The molecule has 7 heteroatoms. The van der Waals surface area contributed by atoms with Gasteiger partial charge in [0, 0.05) is 25.1 Å². The van der Waals surface area contributed by atoms with Crippen molar-refractivity contribution >= 4 is 5.91 Å². The van der Waals surface area contributed by atoms with Gasteiger partial charge in [0.1, 0.15) is 6.17 Å². The minimum absolute atomic E-state index is 0.0445. The molecule has 0 unspecified atom stereocenters. The lowest BCUT2D eigenvalue weighted by Gasteiger charge is -2.30. The lowest BCUT2D eigenvalue weighted by atomic mass is 9.90. The maximum absolute atomic E-state index is 12.9. The molecule has 1 N–H and O–H groups in total. The van der Waals surface area contributed by atoms with Crippen molar-refractivity contribution in [3.63, 3.8) is 0 Å². The van der Waals surface area contributed by atoms with Gasteiger partial charge in [-0.1, -0.05) is 0 Å². The molecule has 0 aromatic carbocycles. The van der Waals surface area contributed by atoms with E-state index in [0.717, 1.165) is 11.3 Å². The summed E-state index contributed by atoms with van der Waals surface area (Å²) < 4.78 is 25.7. The van der Waals surface area contributed by atoms with Gasteiger partial charge in [-0.05, 0) is 26.7 Å². The fraction of sp³-hybridized carbons (Fsp3) is 0.750. The first-order valence-electron chi connectivity index (χ1n) is 8.18. The van der Waals surface area contributed by atoms with Crippen molar-refractivity contribution in [3.05, 3.63) is 17.0 Å². The number of aromatic nitrogens is 2. The first kappa shape index (κ1) is 16.4. The fourth-order valence-corrected chi connectivity index (χ4v) is 3.37. The third-order valence-electron chi connectivity index (χ3n) is 4.54. The van der Waals surface area contributed by atoms with E-state index in [4.69, 9.17) is 9.47 Å². The predicted octanol–water partition coefficient (Wildman–Crippen LogP) is 1.78. The van der Waals surface area contributed by atoms with E-state index >= 15 is 0 Å². The van der Waals surface area contributed by atoms with Gasteiger partial charge in [0.25, 0.3) is 5.91 Å². The van der Waals surface area contributed by atoms with E-state index in [1.165, 1.54) is 0 Å². The molecule has 1 saturated carbocycles. The first-order chi connectivity index (χ1) is 11.0. The van der Waals surface area contributed by atoms with Crippen LogP contribution in [0, 0.1) is 0 Å². The zero-order valence-corrected chi connectivity index (χ0v) is 13.8. The minimum atomic E-state index is -0.790. The highest BCUT2D eigenvalue weighted by Gasteiger charge is 2.35. The van der Waals surface area contributed by atoms with E-state index < -0.39 is 6.17 Å². The van der Waals surface area contributed by atoms with Crippen LogP contribution in [0.3, 0.4) is 0 Å². The molecule has 3 rings (SSSR count). The monoisotopic (exact) mass is 325 g/mol. The molecule has 6 nitrogen and oxygen atoms in total. The second-order valence-electron chi connectivity index (χ2n) is 6.46. The van der Waals surface area contributed by atoms with E-state index in [9.17, 15) is 9.18 Å². The van der Waals surface area contributed by atoms with Crippen LogP contribution in [0.1, 0.15) is 54.5 Å². The molecule has 1 aromatic rings. The molecule has 0 spiro atoms. The standard InChI is InChI=1S/C16H24FN3O3/c1-9-6-13-14(16(21)18-12-7-11(17)8-12)19-20(4-5-22-3)15(13)10(2)23-9/h9-12H,4-8H2,1-3H3,(H,18,21)/t9-,10+,11?,12?/m1/s1. The van der Waals surface area contributed by atoms with Gasteiger partial charge in [0.15, 0.2) is 5.69 Å². The van der Waals surface area contributed by atoms with Crippen LogP contribution in [0.5, 0.6) is 0 Å². The molecule has 0 bridgehead atoms. The highest BCUT2D eigenvalue weighted by Crippen LogP contribution is 2.32. The molecule has 2 atom stereocenters. The van der Waals surface area contributed by atoms with Gasteiger partial charge < -0.3 is 14.8 Å². The molecule has 0 saturated heterocycles. The number of alkyl halides is 1. The largest absolute Gasteiger partial charge is 0.383 e. The van der Waals surface area contributed by atoms with E-state index in [2.05, 4.69) is 10.4 Å². The van der Waals surface area contributed by atoms with Crippen molar-refractivity contribution in [2.45, 2.75) is 64.1 Å². The molecule has 1 amide bonds. The maximum Gasteiger partial charge on any atom is 0.272 e. The summed E-state index contributed by atoms with van der Waals surface area (Å²) >= 11 is 0. The Labute approximate surface area is 135 Å². The van der Waals surface area contributed by atoms with Crippen molar-refractivity contribution in [2.24, 2.45) is 0 Å². The number of nitrogens with zero attached hydrogens (tertiary/aromatic N) is 2. The molecule has 128 valence electrons. The zero-order valence-electron chi connectivity index (χ0n) is 13.8. The first-order valence-corrected chi connectivity index (χ1v) is 8.18. The molecule has 0 radical (unpaired) electrons. The Hall–Kier alpha value is -1.47. The third kappa shape index (κ3) is 3.26. The second kappa shape index (κ2) is 6.57. The number of amides is 1. The number of rotatable bonds is 5. The fourth-order valence-electron chi connectivity index (χ4n) is 3.37. The topological polar surface area (TPSA) is 65.4 Å². The lowest BCUT2D eigenvalue weighted by Crippen LogP contribution is -2.45. The summed E-state index contributed by atoms with van der Waals surface area (Å²) in [6.07, 6.45) is 0.595. The van der Waals surface area contributed by atoms with Crippen LogP contribution in [0.2, 0.25) is 0 Å². The van der Waals surface area contributed by atoms with Crippen LogP contribution in [0.15, 0.2) is 0 Å². The number of methoxy groups -OCH3 is 1. The molecule has 1 aliphatic carbocycles. The van der Waals surface area contributed by atoms with Crippen LogP contribution in [0.4, 0.5) is 4.39 Å². The van der Waals surface area contributed by atoms with E-state index in [0.29, 0.717) is 38.1 Å². The van der Waals surface area contributed by atoms with Crippen LogP contribution < -0.4 is 5.32 Å². The quantitative estimate of drug-likeness (QED) is 0.896. The normalized spacial score (nSPS) is 29.7. The zero-order chi connectivity index (χ0) is 16.6. The third-order valence-corrected chi connectivity index (χ3v) is 4.54. The molecule has 1 aromatic heterocycles. The number of ether oxygens (including phenoxy) is 2. The van der Waals surface area contributed by atoms with Gasteiger partial charge in [-0.15, -0.1) is 0 Å². The smallest absolute Gasteiger partial charge is 0.272 e. The van der Waals surface area contributed by atoms with Crippen molar-refractivity contribution in [1.82, 2.24) is 15.1 Å². The number of halogens is 1. The number of carbonyl (C=O) groups excluding carboxylic acids is 1. The number of hydrogen-bond acceptors (Lipinski definition) is 4. The summed E-state index contributed by atoms with van der Waals surface area (Å²) in [5.74, 6) is -0.212. The Morgan fingerprint density at radius 3 is 2.87 bits per heavy atom. The molecule has 2 heterocycles. The minimum Gasteiger partial charge on any atom is -0.383 e. The van der Waals surface area contributed by atoms with Gasteiger partial charge in [0.05, 0.1) is 31.1 Å². The van der Waals surface area contributed by atoms with Crippen LogP contribution in [0.25, 0.3) is 0 Å². The van der Waals surface area contributed by atoms with Gasteiger partial charge in [-0.25, -0.2) is 4.39 Å². The molecule has 1 aliphatic heterocycles. The summed E-state index contributed by atoms with van der Waals surface area (Å²) in [6.45, 7) is 5.06. The molecular weight excluding hydrogens is 301 g/mol. The average molecular weight is 325 g/mol. The van der Waals surface area contributed by atoms with Crippen molar-refractivity contribution < 1.29 is 18.7 Å². The molecule has 23 heavy (non-hydrogen) atoms. The molecular formula is C16H24FN3O3. The lowest BCUT2D eigenvalue weighted by molar-refractivity contribution is -0.0101. The number of fused-ring (bicyclic) bond motifs is 1. The SMILES string of the molecule is COCCn1nc(C(=O)NC2CC(F)C2)c2c1[C@H](C)O[C@H](C)C2. The summed E-state index contributed by atoms with van der Waals surface area (Å²) in [5.41, 5.74) is 2.34. The van der Waals surface area contributed by atoms with Crippen LogP contribution >= 0.6 is 0 Å². The van der Waals surface area contributed by atoms with E-state index in [1.54, 1.807) is 7.11 Å². The highest BCUT2D eigenvalue weighted by atomic mass is 19.1. The van der Waals surface area contributed by atoms with Crippen LogP contribution in [-0.4, -0.2) is 47.7 Å². The number of carbonyl (C=O) groups is 1. The Kier molecular flexibility index (Phi) is 4.68. The van der Waals surface area contributed by atoms with Gasteiger partial charge >= 0.3 is 0 Å². The van der Waals surface area contributed by atoms with Crippen LogP contribution in [-0.2, 0) is 22.4 Å². The average Bonchev–Trinajstić information content (AvgIpc) is 2.82. The Balaban J connectivity index is 1.85. The highest BCUT2D eigenvalue weighted by molar-refractivity contribution is 5.94. The molecule has 2 aliphatic rings. The Bertz CT molecular complexity index is 583. The molecule has 1 fully saturated rings. The van der Waals surface area contributed by atoms with Crippen molar-refractivity contribution in [1.29, 1.82) is 0 Å². The summed E-state index contributed by atoms with van der Waals surface area (Å²) in [4.78, 5) is 12.5. The van der Waals surface area contributed by atoms with Gasteiger partial charge in [-0.3, -0.25) is 9.48 Å². The maximum atomic E-state index is 12.9. The predicted molar refractivity (Wildman–Crippen MR) is 82.2 cm³/mol. The Morgan fingerprint density at radius 2 is 2.22 bits per heavy atom. The van der Waals surface area contributed by atoms with E-state index in [-0.39, 0.29) is 24.2 Å².